The van der Waals surface area contributed by atoms with Crippen LogP contribution in [0.4, 0.5) is 11.6 Å². The summed E-state index contributed by atoms with van der Waals surface area (Å²) in [6.07, 6.45) is 2.68. The maximum absolute atomic E-state index is 12.7. The summed E-state index contributed by atoms with van der Waals surface area (Å²) in [5.41, 5.74) is 10.6. The van der Waals surface area contributed by atoms with E-state index in [4.69, 9.17) is 20.8 Å². The van der Waals surface area contributed by atoms with Crippen molar-refractivity contribution in [3.63, 3.8) is 0 Å². The highest BCUT2D eigenvalue weighted by atomic mass is 32.2. The molecule has 0 aromatic carbocycles. The van der Waals surface area contributed by atoms with Crippen LogP contribution in [-0.4, -0.2) is 40.9 Å². The van der Waals surface area contributed by atoms with Crippen LogP contribution in [0.3, 0.4) is 0 Å². The van der Waals surface area contributed by atoms with E-state index in [1.165, 1.54) is 24.5 Å². The summed E-state index contributed by atoms with van der Waals surface area (Å²) in [6, 6.07) is 2.76. The molecule has 4 N–H and O–H groups in total. The molecule has 0 radical (unpaired) electrons. The molecule has 1 aliphatic rings. The lowest BCUT2D eigenvalue weighted by Gasteiger charge is -2.32. The van der Waals surface area contributed by atoms with Crippen LogP contribution in [0.2, 0.25) is 0 Å². The third kappa shape index (κ3) is 2.88. The Bertz CT molecular complexity index is 909. The zero-order chi connectivity index (χ0) is 18.6. The molecule has 2 aromatic heterocycles. The number of hydrogen-bond acceptors (Lipinski definition) is 8. The van der Waals surface area contributed by atoms with Crippen LogP contribution in [0.15, 0.2) is 29.4 Å². The van der Waals surface area contributed by atoms with Gasteiger partial charge in [0.25, 0.3) is 10.0 Å². The molecule has 1 aliphatic heterocycles. The Labute approximate surface area is 146 Å². The van der Waals surface area contributed by atoms with Gasteiger partial charge in [-0.15, -0.1) is 5.10 Å². The van der Waals surface area contributed by atoms with Gasteiger partial charge in [0, 0.05) is 23.9 Å². The van der Waals surface area contributed by atoms with Crippen LogP contribution in [-0.2, 0) is 19.3 Å². The summed E-state index contributed by atoms with van der Waals surface area (Å²) in [7, 11) is -4.79. The summed E-state index contributed by atoms with van der Waals surface area (Å²) in [5, 5.41) is 3.73. The molecule has 9 nitrogen and oxygen atoms in total. The third-order valence-electron chi connectivity index (χ3n) is 4.54. The summed E-state index contributed by atoms with van der Waals surface area (Å²) in [4.78, 5) is 3.79. The van der Waals surface area contributed by atoms with Crippen molar-refractivity contribution in [2.24, 2.45) is 0 Å². The Morgan fingerprint density at radius 2 is 1.76 bits per heavy atom. The number of nitrogen functional groups attached to an aromatic ring is 2. The number of rotatable bonds is 3. The van der Waals surface area contributed by atoms with Gasteiger partial charge in [-0.1, -0.05) is 0 Å². The van der Waals surface area contributed by atoms with E-state index in [-0.39, 0.29) is 16.5 Å². The zero-order valence-electron chi connectivity index (χ0n) is 14.4. The lowest BCUT2D eigenvalue weighted by Crippen LogP contribution is -2.41. The smallest absolute Gasteiger partial charge is 0.399 e. The maximum atomic E-state index is 12.7. The van der Waals surface area contributed by atoms with Gasteiger partial charge in [0.15, 0.2) is 0 Å². The molecule has 1 saturated heterocycles. The number of nitrogens with two attached hydrogens (primary N) is 2. The van der Waals surface area contributed by atoms with Crippen LogP contribution >= 0.6 is 0 Å². The number of hydrogen-bond donors (Lipinski definition) is 2. The van der Waals surface area contributed by atoms with Crippen molar-refractivity contribution < 1.29 is 17.7 Å². The van der Waals surface area contributed by atoms with E-state index >= 15 is 0 Å². The predicted octanol–water partition coefficient (Wildman–Crippen LogP) is -0.0213. The second-order valence-corrected chi connectivity index (χ2v) is 8.62. The van der Waals surface area contributed by atoms with Gasteiger partial charge in [0.2, 0.25) is 0 Å². The topological polar surface area (TPSA) is 135 Å². The van der Waals surface area contributed by atoms with Crippen molar-refractivity contribution in [3.05, 3.63) is 24.5 Å². The van der Waals surface area contributed by atoms with E-state index in [2.05, 4.69) is 10.1 Å². The first-order valence-corrected chi connectivity index (χ1v) is 9.06. The second-order valence-electron chi connectivity index (χ2n) is 6.86. The van der Waals surface area contributed by atoms with Crippen molar-refractivity contribution in [1.82, 2.24) is 14.2 Å². The van der Waals surface area contributed by atoms with E-state index in [0.717, 1.165) is 4.09 Å². The number of aromatic nitrogens is 3. The Hall–Kier alpha value is -2.11. The first-order chi connectivity index (χ1) is 11.4. The molecule has 0 bridgehead atoms. The van der Waals surface area contributed by atoms with Gasteiger partial charge in [-0.3, -0.25) is 0 Å². The monoisotopic (exact) mass is 365 g/mol. The van der Waals surface area contributed by atoms with Gasteiger partial charge in [0.05, 0.1) is 11.2 Å². The van der Waals surface area contributed by atoms with E-state index in [1.54, 1.807) is 0 Å². The summed E-state index contributed by atoms with van der Waals surface area (Å²) >= 11 is 0. The maximum Gasteiger partial charge on any atom is 0.496 e. The molecule has 3 rings (SSSR count). The number of nitrogens with zero attached hydrogens (tertiary/aromatic N) is 3. The summed E-state index contributed by atoms with van der Waals surface area (Å²) in [5.74, 6) is -0.0634. The van der Waals surface area contributed by atoms with Crippen molar-refractivity contribution in [2.45, 2.75) is 43.8 Å². The molecule has 3 heterocycles. The van der Waals surface area contributed by atoms with Crippen molar-refractivity contribution in [3.8, 4) is 0 Å². The fourth-order valence-electron chi connectivity index (χ4n) is 2.34. The van der Waals surface area contributed by atoms with Crippen molar-refractivity contribution in [2.75, 3.05) is 11.5 Å². The van der Waals surface area contributed by atoms with Crippen LogP contribution in [0.25, 0.3) is 0 Å². The minimum absolute atomic E-state index is 0.0808. The van der Waals surface area contributed by atoms with Gasteiger partial charge in [-0.2, -0.15) is 12.5 Å². The normalized spacial score (nSPS) is 19.3. The van der Waals surface area contributed by atoms with Crippen LogP contribution < -0.4 is 16.9 Å². The molecule has 25 heavy (non-hydrogen) atoms. The molecular weight excluding hydrogens is 345 g/mol. The van der Waals surface area contributed by atoms with Crippen LogP contribution in [0.1, 0.15) is 27.7 Å². The lowest BCUT2D eigenvalue weighted by molar-refractivity contribution is 0.00578. The zero-order valence-corrected chi connectivity index (χ0v) is 15.2. The average Bonchev–Trinajstić information content (AvgIpc) is 3.01. The van der Waals surface area contributed by atoms with E-state index in [1.807, 2.05) is 27.7 Å². The highest BCUT2D eigenvalue weighted by Gasteiger charge is 2.52. The Morgan fingerprint density at radius 3 is 2.28 bits per heavy atom. The van der Waals surface area contributed by atoms with Gasteiger partial charge in [-0.25, -0.2) is 4.98 Å². The second kappa shape index (κ2) is 5.45. The molecule has 0 saturated carbocycles. The molecule has 0 spiro atoms. The molecule has 134 valence electrons. The molecule has 0 unspecified atom stereocenters. The first kappa shape index (κ1) is 17.7. The number of anilines is 2. The van der Waals surface area contributed by atoms with Gasteiger partial charge < -0.3 is 20.8 Å². The molecule has 0 amide bonds. The summed E-state index contributed by atoms with van der Waals surface area (Å²) in [6.45, 7) is 7.62. The highest BCUT2D eigenvalue weighted by Crippen LogP contribution is 2.36. The van der Waals surface area contributed by atoms with Gasteiger partial charge >= 0.3 is 7.12 Å². The van der Waals surface area contributed by atoms with Crippen molar-refractivity contribution >= 4 is 34.2 Å². The molecular formula is C14H20BN5O4S. The molecule has 11 heteroatoms. The minimum Gasteiger partial charge on any atom is -0.399 e. The standard InChI is InChI=1S/C14H20BN5O4S/c1-13(2)14(3,4)24-15(23-13)9-7-10(12(17)18-8-9)25(21,22)20-6-5-11(16)19-20/h5-8H,1-4H3,(H2,16,19)(H2,17,18). The predicted molar refractivity (Wildman–Crippen MR) is 93.6 cm³/mol. The lowest BCUT2D eigenvalue weighted by atomic mass is 9.80. The Balaban J connectivity index is 2.03. The fourth-order valence-corrected chi connectivity index (χ4v) is 3.57. The Morgan fingerprint density at radius 1 is 1.16 bits per heavy atom. The summed E-state index contributed by atoms with van der Waals surface area (Å²) < 4.78 is 38.1. The third-order valence-corrected chi connectivity index (χ3v) is 6.12. The largest absolute Gasteiger partial charge is 0.496 e. The van der Waals surface area contributed by atoms with E-state index in [0.29, 0.717) is 5.46 Å². The SMILES string of the molecule is CC1(C)OB(c2cnc(N)c(S(=O)(=O)n3ccc(N)n3)c2)OC1(C)C. The molecule has 0 aliphatic carbocycles. The van der Waals surface area contributed by atoms with E-state index < -0.39 is 28.3 Å². The highest BCUT2D eigenvalue weighted by molar-refractivity contribution is 7.90. The fraction of sp³-hybridized carbons (Fsp3) is 0.429. The van der Waals surface area contributed by atoms with Gasteiger partial charge in [-0.05, 0) is 33.8 Å². The molecule has 2 aromatic rings. The van der Waals surface area contributed by atoms with Crippen molar-refractivity contribution in [1.29, 1.82) is 0 Å². The van der Waals surface area contributed by atoms with Gasteiger partial charge in [0.1, 0.15) is 16.5 Å². The minimum atomic E-state index is -4.03. The van der Waals surface area contributed by atoms with Crippen LogP contribution in [0, 0.1) is 0 Å². The van der Waals surface area contributed by atoms with Crippen LogP contribution in [0.5, 0.6) is 0 Å². The molecule has 0 atom stereocenters. The van der Waals surface area contributed by atoms with E-state index in [9.17, 15) is 8.42 Å². The Kier molecular flexibility index (Phi) is 3.86. The number of pyridine rings is 1. The quantitative estimate of drug-likeness (QED) is 0.725. The first-order valence-electron chi connectivity index (χ1n) is 7.62. The molecule has 1 fully saturated rings. The average molecular weight is 365 g/mol.